The maximum Gasteiger partial charge on any atom is 0.125 e. The van der Waals surface area contributed by atoms with Crippen molar-refractivity contribution in [1.29, 1.82) is 0 Å². The van der Waals surface area contributed by atoms with Gasteiger partial charge in [0.15, 0.2) is 0 Å². The molecule has 2 heterocycles. The Balaban J connectivity index is 2.47. The van der Waals surface area contributed by atoms with Gasteiger partial charge in [-0.3, -0.25) is 10.5 Å². The highest BCUT2D eigenvalue weighted by Gasteiger charge is 2.21. The van der Waals surface area contributed by atoms with Gasteiger partial charge < -0.3 is 0 Å². The molecule has 2 aromatic rings. The van der Waals surface area contributed by atoms with E-state index in [0.29, 0.717) is 10.8 Å². The summed E-state index contributed by atoms with van der Waals surface area (Å²) in [4.78, 5) is 8.38. The minimum Gasteiger partial charge on any atom is -0.270 e. The van der Waals surface area contributed by atoms with Gasteiger partial charge in [0, 0.05) is 13.2 Å². The molecule has 3 N–H and O–H groups in total. The topological polar surface area (TPSA) is 81.6 Å². The van der Waals surface area contributed by atoms with Crippen molar-refractivity contribution in [2.24, 2.45) is 12.9 Å². The van der Waals surface area contributed by atoms with Crippen molar-refractivity contribution in [2.75, 3.05) is 0 Å². The number of rotatable bonds is 3. The van der Waals surface area contributed by atoms with Crippen LogP contribution in [0.2, 0.25) is 5.02 Å². The van der Waals surface area contributed by atoms with Gasteiger partial charge in [0.2, 0.25) is 0 Å². The highest BCUT2D eigenvalue weighted by Crippen LogP contribution is 2.25. The van der Waals surface area contributed by atoms with Crippen molar-refractivity contribution in [3.63, 3.8) is 0 Å². The van der Waals surface area contributed by atoms with Crippen molar-refractivity contribution in [2.45, 2.75) is 13.0 Å². The van der Waals surface area contributed by atoms with Crippen LogP contribution in [0.25, 0.3) is 0 Å². The molecule has 1 unspecified atom stereocenters. The third-order valence-electron chi connectivity index (χ3n) is 2.47. The molecule has 90 valence electrons. The molecular formula is C10H13ClN6. The van der Waals surface area contributed by atoms with E-state index >= 15 is 0 Å². The zero-order chi connectivity index (χ0) is 12.4. The third-order valence-corrected chi connectivity index (χ3v) is 2.76. The van der Waals surface area contributed by atoms with Gasteiger partial charge in [-0.1, -0.05) is 11.6 Å². The van der Waals surface area contributed by atoms with Crippen LogP contribution in [-0.2, 0) is 7.05 Å². The monoisotopic (exact) mass is 252 g/mol. The fourth-order valence-corrected chi connectivity index (χ4v) is 1.96. The first kappa shape index (κ1) is 12.0. The Hall–Kier alpha value is -1.50. The molecule has 0 radical (unpaired) electrons. The highest BCUT2D eigenvalue weighted by atomic mass is 35.5. The molecule has 2 aromatic heterocycles. The van der Waals surface area contributed by atoms with Crippen molar-refractivity contribution in [3.8, 4) is 0 Å². The van der Waals surface area contributed by atoms with Gasteiger partial charge in [-0.2, -0.15) is 5.10 Å². The average Bonchev–Trinajstić information content (AvgIpc) is 2.62. The van der Waals surface area contributed by atoms with Crippen molar-refractivity contribution in [3.05, 3.63) is 40.7 Å². The zero-order valence-electron chi connectivity index (χ0n) is 9.55. The van der Waals surface area contributed by atoms with Gasteiger partial charge in [0.1, 0.15) is 11.9 Å². The third kappa shape index (κ3) is 2.28. The predicted octanol–water partition coefficient (Wildman–Crippen LogP) is 0.725. The van der Waals surface area contributed by atoms with Crippen LogP contribution in [-0.4, -0.2) is 19.7 Å². The van der Waals surface area contributed by atoms with Crippen LogP contribution < -0.4 is 11.3 Å². The Morgan fingerprint density at radius 3 is 2.82 bits per heavy atom. The van der Waals surface area contributed by atoms with Crippen LogP contribution in [0, 0.1) is 6.92 Å². The SMILES string of the molecule is Cc1nccc(C(NN)c2c(Cl)cnn2C)n1. The number of nitrogens with one attached hydrogen (secondary N) is 1. The molecule has 17 heavy (non-hydrogen) atoms. The first-order valence-electron chi connectivity index (χ1n) is 5.06. The molecule has 0 aromatic carbocycles. The number of nitrogens with two attached hydrogens (primary N) is 1. The first-order valence-corrected chi connectivity index (χ1v) is 5.44. The van der Waals surface area contributed by atoms with E-state index in [9.17, 15) is 0 Å². The van der Waals surface area contributed by atoms with Crippen LogP contribution in [0.5, 0.6) is 0 Å². The standard InChI is InChI=1S/C10H13ClN6/c1-6-13-4-3-8(15-6)9(16-12)10-7(11)5-14-17(10)2/h3-5,9,16H,12H2,1-2H3. The van der Waals surface area contributed by atoms with E-state index in [2.05, 4.69) is 20.5 Å². The molecule has 0 bridgehead atoms. The Morgan fingerprint density at radius 1 is 1.53 bits per heavy atom. The summed E-state index contributed by atoms with van der Waals surface area (Å²) in [6, 6.07) is 1.48. The van der Waals surface area contributed by atoms with Gasteiger partial charge in [0.05, 0.1) is 22.6 Å². The number of hydrogen-bond acceptors (Lipinski definition) is 5. The normalized spacial score (nSPS) is 12.7. The van der Waals surface area contributed by atoms with E-state index in [1.165, 1.54) is 0 Å². The molecule has 0 fully saturated rings. The van der Waals surface area contributed by atoms with Gasteiger partial charge in [-0.25, -0.2) is 15.4 Å². The van der Waals surface area contributed by atoms with E-state index in [1.807, 2.05) is 6.92 Å². The van der Waals surface area contributed by atoms with Gasteiger partial charge >= 0.3 is 0 Å². The number of nitrogens with zero attached hydrogens (tertiary/aromatic N) is 4. The van der Waals surface area contributed by atoms with Crippen LogP contribution >= 0.6 is 11.6 Å². The summed E-state index contributed by atoms with van der Waals surface area (Å²) >= 11 is 6.09. The van der Waals surface area contributed by atoms with Crippen molar-refractivity contribution >= 4 is 11.6 Å². The van der Waals surface area contributed by atoms with Gasteiger partial charge in [-0.05, 0) is 13.0 Å². The second-order valence-corrected chi connectivity index (χ2v) is 4.04. The Bertz CT molecular complexity index is 504. The Morgan fingerprint density at radius 2 is 2.29 bits per heavy atom. The second-order valence-electron chi connectivity index (χ2n) is 3.63. The van der Waals surface area contributed by atoms with Crippen LogP contribution in [0.3, 0.4) is 0 Å². The van der Waals surface area contributed by atoms with E-state index in [0.717, 1.165) is 11.4 Å². The number of halogens is 1. The number of hydrazine groups is 1. The zero-order valence-corrected chi connectivity index (χ0v) is 10.3. The maximum absolute atomic E-state index is 6.09. The first-order chi connectivity index (χ1) is 8.13. The fraction of sp³-hybridized carbons (Fsp3) is 0.300. The van der Waals surface area contributed by atoms with E-state index < -0.39 is 0 Å². The molecule has 0 spiro atoms. The number of hydrogen-bond donors (Lipinski definition) is 2. The lowest BCUT2D eigenvalue weighted by Gasteiger charge is -2.16. The molecule has 0 aliphatic carbocycles. The molecule has 0 aliphatic heterocycles. The summed E-state index contributed by atoms with van der Waals surface area (Å²) in [5, 5.41) is 4.63. The number of aryl methyl sites for hydroxylation is 2. The average molecular weight is 253 g/mol. The molecule has 0 amide bonds. The van der Waals surface area contributed by atoms with E-state index in [4.69, 9.17) is 17.4 Å². The van der Waals surface area contributed by atoms with E-state index in [1.54, 1.807) is 30.2 Å². The smallest absolute Gasteiger partial charge is 0.125 e. The van der Waals surface area contributed by atoms with E-state index in [-0.39, 0.29) is 6.04 Å². The molecule has 0 aliphatic rings. The lowest BCUT2D eigenvalue weighted by atomic mass is 10.1. The minimum atomic E-state index is -0.309. The summed E-state index contributed by atoms with van der Waals surface area (Å²) < 4.78 is 1.67. The number of aromatic nitrogens is 4. The fourth-order valence-electron chi connectivity index (χ4n) is 1.68. The summed E-state index contributed by atoms with van der Waals surface area (Å²) in [7, 11) is 1.81. The van der Waals surface area contributed by atoms with Crippen LogP contribution in [0.4, 0.5) is 0 Å². The molecule has 2 rings (SSSR count). The van der Waals surface area contributed by atoms with Crippen molar-refractivity contribution < 1.29 is 0 Å². The maximum atomic E-state index is 6.09. The molecule has 0 saturated carbocycles. The Labute approximate surface area is 104 Å². The highest BCUT2D eigenvalue weighted by molar-refractivity contribution is 6.31. The molecule has 7 heteroatoms. The lowest BCUT2D eigenvalue weighted by Crippen LogP contribution is -2.31. The largest absolute Gasteiger partial charge is 0.270 e. The minimum absolute atomic E-state index is 0.309. The van der Waals surface area contributed by atoms with Gasteiger partial charge in [0.25, 0.3) is 0 Å². The molecule has 0 saturated heterocycles. The predicted molar refractivity (Wildman–Crippen MR) is 64.2 cm³/mol. The summed E-state index contributed by atoms with van der Waals surface area (Å²) in [6.07, 6.45) is 3.27. The summed E-state index contributed by atoms with van der Waals surface area (Å²) in [5.41, 5.74) is 4.22. The lowest BCUT2D eigenvalue weighted by molar-refractivity contribution is 0.561. The molecular weight excluding hydrogens is 240 g/mol. The Kier molecular flexibility index (Phi) is 3.37. The van der Waals surface area contributed by atoms with Crippen LogP contribution in [0.15, 0.2) is 18.5 Å². The van der Waals surface area contributed by atoms with Crippen molar-refractivity contribution in [1.82, 2.24) is 25.2 Å². The molecule has 6 nitrogen and oxygen atoms in total. The quantitative estimate of drug-likeness (QED) is 0.622. The summed E-state index contributed by atoms with van der Waals surface area (Å²) in [6.45, 7) is 1.82. The van der Waals surface area contributed by atoms with Crippen LogP contribution in [0.1, 0.15) is 23.3 Å². The summed E-state index contributed by atoms with van der Waals surface area (Å²) in [5.74, 6) is 6.26. The molecule has 1 atom stereocenters. The second kappa shape index (κ2) is 4.79. The van der Waals surface area contributed by atoms with Gasteiger partial charge in [-0.15, -0.1) is 0 Å².